The molecular weight excluding hydrogens is 244 g/mol. The van der Waals surface area contributed by atoms with Gasteiger partial charge >= 0.3 is 5.97 Å². The molecule has 4 nitrogen and oxygen atoms in total. The topological polar surface area (TPSA) is 55.8 Å². The highest BCUT2D eigenvalue weighted by molar-refractivity contribution is 5.69. The second kappa shape index (κ2) is 7.79. The summed E-state index contributed by atoms with van der Waals surface area (Å²) in [6.07, 6.45) is 1.33. The Bertz CT molecular complexity index is 413. The number of ether oxygens (including phenoxy) is 2. The van der Waals surface area contributed by atoms with Gasteiger partial charge in [0.15, 0.2) is 0 Å². The largest absolute Gasteiger partial charge is 0.493 e. The Labute approximate surface area is 114 Å². The predicted molar refractivity (Wildman–Crippen MR) is 73.3 cm³/mol. The van der Waals surface area contributed by atoms with E-state index < -0.39 is 0 Å². The van der Waals surface area contributed by atoms with E-state index >= 15 is 0 Å². The molecule has 4 heteroatoms. The van der Waals surface area contributed by atoms with E-state index in [0.717, 1.165) is 16.9 Å². The zero-order valence-corrected chi connectivity index (χ0v) is 11.8. The fourth-order valence-electron chi connectivity index (χ4n) is 1.72. The molecule has 0 spiro atoms. The summed E-state index contributed by atoms with van der Waals surface area (Å²) in [6, 6.07) is 5.81. The van der Waals surface area contributed by atoms with Gasteiger partial charge in [0.05, 0.1) is 19.8 Å². The lowest BCUT2D eigenvalue weighted by atomic mass is 10.0. The van der Waals surface area contributed by atoms with Gasteiger partial charge in [-0.3, -0.25) is 4.79 Å². The van der Waals surface area contributed by atoms with Crippen LogP contribution in [0.25, 0.3) is 0 Å². The van der Waals surface area contributed by atoms with Crippen molar-refractivity contribution in [2.24, 2.45) is 0 Å². The van der Waals surface area contributed by atoms with Crippen molar-refractivity contribution in [2.45, 2.75) is 39.2 Å². The highest BCUT2D eigenvalue weighted by Crippen LogP contribution is 2.19. The Hall–Kier alpha value is -1.55. The standard InChI is InChI=1S/C15H22O4/c1-11-10-14(19-9-8-12(2)16)6-4-13(11)5-7-15(17)18-3/h4,6,10,12,16H,5,7-9H2,1-3H3. The number of esters is 1. The lowest BCUT2D eigenvalue weighted by Crippen LogP contribution is -2.07. The lowest BCUT2D eigenvalue weighted by molar-refractivity contribution is -0.140. The number of carbonyl (C=O) groups is 1. The van der Waals surface area contributed by atoms with Crippen LogP contribution in [0, 0.1) is 6.92 Å². The average molecular weight is 266 g/mol. The molecule has 0 fully saturated rings. The van der Waals surface area contributed by atoms with Crippen molar-refractivity contribution >= 4 is 5.97 Å². The molecule has 1 rings (SSSR count). The van der Waals surface area contributed by atoms with Crippen LogP contribution in [0.4, 0.5) is 0 Å². The van der Waals surface area contributed by atoms with E-state index in [-0.39, 0.29) is 12.1 Å². The molecule has 0 saturated carbocycles. The molecule has 19 heavy (non-hydrogen) atoms. The summed E-state index contributed by atoms with van der Waals surface area (Å²) in [5.41, 5.74) is 2.21. The Morgan fingerprint density at radius 2 is 2.16 bits per heavy atom. The predicted octanol–water partition coefficient (Wildman–Crippen LogP) is 2.25. The second-order valence-electron chi connectivity index (χ2n) is 4.65. The Morgan fingerprint density at radius 1 is 1.42 bits per heavy atom. The first-order valence-corrected chi connectivity index (χ1v) is 6.50. The van der Waals surface area contributed by atoms with Crippen LogP contribution in [-0.2, 0) is 16.0 Å². The number of aryl methyl sites for hydroxylation is 2. The molecule has 1 atom stereocenters. The summed E-state index contributed by atoms with van der Waals surface area (Å²) in [5.74, 6) is 0.594. The number of benzene rings is 1. The van der Waals surface area contributed by atoms with Crippen molar-refractivity contribution in [1.29, 1.82) is 0 Å². The fourth-order valence-corrected chi connectivity index (χ4v) is 1.72. The van der Waals surface area contributed by atoms with Gasteiger partial charge in [0.1, 0.15) is 5.75 Å². The third kappa shape index (κ3) is 5.75. The maximum atomic E-state index is 11.1. The first kappa shape index (κ1) is 15.5. The van der Waals surface area contributed by atoms with Crippen molar-refractivity contribution in [3.63, 3.8) is 0 Å². The SMILES string of the molecule is COC(=O)CCc1ccc(OCCC(C)O)cc1C. The van der Waals surface area contributed by atoms with Gasteiger partial charge in [0.2, 0.25) is 0 Å². The molecule has 1 N–H and O–H groups in total. The van der Waals surface area contributed by atoms with Gasteiger partial charge in [0.25, 0.3) is 0 Å². The first-order chi connectivity index (χ1) is 9.02. The molecule has 0 bridgehead atoms. The number of aliphatic hydroxyl groups is 1. The smallest absolute Gasteiger partial charge is 0.305 e. The zero-order valence-electron chi connectivity index (χ0n) is 11.8. The minimum absolute atomic E-state index is 0.198. The summed E-state index contributed by atoms with van der Waals surface area (Å²) < 4.78 is 10.2. The monoisotopic (exact) mass is 266 g/mol. The van der Waals surface area contributed by atoms with Gasteiger partial charge in [0, 0.05) is 12.8 Å². The third-order valence-corrected chi connectivity index (χ3v) is 2.94. The molecule has 0 aliphatic heterocycles. The van der Waals surface area contributed by atoms with Crippen LogP contribution >= 0.6 is 0 Å². The second-order valence-corrected chi connectivity index (χ2v) is 4.65. The molecule has 1 aromatic carbocycles. The van der Waals surface area contributed by atoms with Crippen molar-refractivity contribution < 1.29 is 19.4 Å². The minimum Gasteiger partial charge on any atom is -0.493 e. The molecule has 0 heterocycles. The molecule has 0 aliphatic carbocycles. The molecular formula is C15H22O4. The molecule has 106 valence electrons. The number of rotatable bonds is 7. The summed E-state index contributed by atoms with van der Waals surface area (Å²) >= 11 is 0. The molecule has 1 aromatic rings. The fraction of sp³-hybridized carbons (Fsp3) is 0.533. The third-order valence-electron chi connectivity index (χ3n) is 2.94. The van der Waals surface area contributed by atoms with E-state index in [1.807, 2.05) is 25.1 Å². The molecule has 0 aromatic heterocycles. The normalized spacial score (nSPS) is 12.0. The molecule has 0 radical (unpaired) electrons. The molecule has 0 aliphatic rings. The van der Waals surface area contributed by atoms with Gasteiger partial charge in [-0.2, -0.15) is 0 Å². The first-order valence-electron chi connectivity index (χ1n) is 6.50. The van der Waals surface area contributed by atoms with Crippen LogP contribution in [-0.4, -0.2) is 30.9 Å². The van der Waals surface area contributed by atoms with Crippen molar-refractivity contribution in [1.82, 2.24) is 0 Å². The number of methoxy groups -OCH3 is 1. The van der Waals surface area contributed by atoms with Crippen LogP contribution in [0.2, 0.25) is 0 Å². The van der Waals surface area contributed by atoms with Crippen molar-refractivity contribution in [2.75, 3.05) is 13.7 Å². The Balaban J connectivity index is 2.51. The number of hydrogen-bond acceptors (Lipinski definition) is 4. The van der Waals surface area contributed by atoms with Crippen molar-refractivity contribution in [3.8, 4) is 5.75 Å². The zero-order chi connectivity index (χ0) is 14.3. The highest BCUT2D eigenvalue weighted by atomic mass is 16.5. The number of aliphatic hydroxyl groups excluding tert-OH is 1. The van der Waals surface area contributed by atoms with Crippen LogP contribution in [0.3, 0.4) is 0 Å². The van der Waals surface area contributed by atoms with Gasteiger partial charge in [-0.05, 0) is 43.5 Å². The summed E-state index contributed by atoms with van der Waals surface area (Å²) in [7, 11) is 1.40. The summed E-state index contributed by atoms with van der Waals surface area (Å²) in [5, 5.41) is 9.15. The quantitative estimate of drug-likeness (QED) is 0.769. The van der Waals surface area contributed by atoms with E-state index in [1.54, 1.807) is 6.92 Å². The lowest BCUT2D eigenvalue weighted by Gasteiger charge is -2.10. The highest BCUT2D eigenvalue weighted by Gasteiger charge is 2.05. The molecule has 1 unspecified atom stereocenters. The van der Waals surface area contributed by atoms with E-state index in [4.69, 9.17) is 9.84 Å². The van der Waals surface area contributed by atoms with Crippen LogP contribution in [0.1, 0.15) is 30.9 Å². The van der Waals surface area contributed by atoms with Gasteiger partial charge in [-0.15, -0.1) is 0 Å². The maximum absolute atomic E-state index is 11.1. The number of hydrogen-bond donors (Lipinski definition) is 1. The van der Waals surface area contributed by atoms with Crippen LogP contribution < -0.4 is 4.74 Å². The number of carbonyl (C=O) groups excluding carboxylic acids is 1. The van der Waals surface area contributed by atoms with Gasteiger partial charge in [-0.25, -0.2) is 0 Å². The van der Waals surface area contributed by atoms with Crippen LogP contribution in [0.5, 0.6) is 5.75 Å². The van der Waals surface area contributed by atoms with E-state index in [1.165, 1.54) is 7.11 Å². The van der Waals surface area contributed by atoms with E-state index in [2.05, 4.69) is 4.74 Å². The van der Waals surface area contributed by atoms with Crippen LogP contribution in [0.15, 0.2) is 18.2 Å². The van der Waals surface area contributed by atoms with E-state index in [0.29, 0.717) is 25.9 Å². The minimum atomic E-state index is -0.347. The van der Waals surface area contributed by atoms with Gasteiger partial charge < -0.3 is 14.6 Å². The Morgan fingerprint density at radius 3 is 2.74 bits per heavy atom. The van der Waals surface area contributed by atoms with E-state index in [9.17, 15) is 4.79 Å². The summed E-state index contributed by atoms with van der Waals surface area (Å²) in [4.78, 5) is 11.1. The van der Waals surface area contributed by atoms with Crippen molar-refractivity contribution in [3.05, 3.63) is 29.3 Å². The maximum Gasteiger partial charge on any atom is 0.305 e. The molecule has 0 saturated heterocycles. The Kier molecular flexibility index (Phi) is 6.36. The summed E-state index contributed by atoms with van der Waals surface area (Å²) in [6.45, 7) is 4.23. The molecule has 0 amide bonds. The van der Waals surface area contributed by atoms with Gasteiger partial charge in [-0.1, -0.05) is 6.07 Å². The average Bonchev–Trinajstić information content (AvgIpc) is 2.37.